The minimum absolute atomic E-state index is 0.411. The van der Waals surface area contributed by atoms with Gasteiger partial charge in [0, 0.05) is 12.1 Å². The quantitative estimate of drug-likeness (QED) is 0.676. The fourth-order valence-corrected chi connectivity index (χ4v) is 1.70. The lowest BCUT2D eigenvalue weighted by Gasteiger charge is -2.07. The van der Waals surface area contributed by atoms with Gasteiger partial charge < -0.3 is 14.9 Å². The van der Waals surface area contributed by atoms with Crippen molar-refractivity contribution in [3.05, 3.63) is 53.0 Å². The number of benzene rings is 2. The molecule has 1 heterocycles. The molecule has 0 saturated heterocycles. The Kier molecular flexibility index (Phi) is 2.30. The summed E-state index contributed by atoms with van der Waals surface area (Å²) >= 11 is 0. The van der Waals surface area contributed by atoms with Crippen molar-refractivity contribution in [2.24, 2.45) is 0 Å². The van der Waals surface area contributed by atoms with E-state index in [0.29, 0.717) is 28.3 Å². The van der Waals surface area contributed by atoms with Crippen LogP contribution in [-0.4, -0.2) is 4.98 Å². The maximum Gasteiger partial charge on any atom is 0.417 e. The number of nitrogens with one attached hydrogen (secondary N) is 1. The highest BCUT2D eigenvalue weighted by Gasteiger charge is 2.08. The number of nitrogens with two attached hydrogens (primary N) is 1. The zero-order valence-electron chi connectivity index (χ0n) is 9.34. The zero-order valence-corrected chi connectivity index (χ0v) is 9.34. The summed E-state index contributed by atoms with van der Waals surface area (Å²) in [5.74, 6) is 0.640. The normalized spacial score (nSPS) is 10.7. The third-order valence-corrected chi connectivity index (χ3v) is 2.52. The molecule has 0 unspecified atom stereocenters. The van der Waals surface area contributed by atoms with Crippen LogP contribution in [0.5, 0.6) is 11.5 Å². The van der Waals surface area contributed by atoms with Gasteiger partial charge in [0.2, 0.25) is 0 Å². The predicted octanol–water partition coefficient (Wildman–Crippen LogP) is 2.50. The Labute approximate surface area is 102 Å². The van der Waals surface area contributed by atoms with Crippen LogP contribution in [0.1, 0.15) is 0 Å². The summed E-state index contributed by atoms with van der Waals surface area (Å²) < 4.78 is 10.5. The largest absolute Gasteiger partial charge is 0.455 e. The third-order valence-electron chi connectivity index (χ3n) is 2.52. The number of aromatic nitrogens is 1. The summed E-state index contributed by atoms with van der Waals surface area (Å²) in [6, 6.07) is 12.5. The third kappa shape index (κ3) is 1.82. The summed E-state index contributed by atoms with van der Waals surface area (Å²) in [6.45, 7) is 0. The van der Waals surface area contributed by atoms with Crippen LogP contribution < -0.4 is 16.2 Å². The minimum atomic E-state index is -0.513. The smallest absolute Gasteiger partial charge is 0.417 e. The van der Waals surface area contributed by atoms with Crippen molar-refractivity contribution in [3.63, 3.8) is 0 Å². The molecule has 0 amide bonds. The first-order valence-electron chi connectivity index (χ1n) is 5.37. The Morgan fingerprint density at radius 1 is 1.17 bits per heavy atom. The fraction of sp³-hybridized carbons (Fsp3) is 0. The molecule has 3 aromatic rings. The van der Waals surface area contributed by atoms with Gasteiger partial charge in [-0.2, -0.15) is 0 Å². The van der Waals surface area contributed by atoms with E-state index >= 15 is 0 Å². The first-order chi connectivity index (χ1) is 8.72. The van der Waals surface area contributed by atoms with Gasteiger partial charge in [0.25, 0.3) is 0 Å². The first kappa shape index (κ1) is 10.5. The molecule has 1 aromatic heterocycles. The number of fused-ring (bicyclic) bond motifs is 1. The topological polar surface area (TPSA) is 81.2 Å². The van der Waals surface area contributed by atoms with Gasteiger partial charge in [0.15, 0.2) is 11.3 Å². The van der Waals surface area contributed by atoms with Crippen LogP contribution in [0.25, 0.3) is 11.1 Å². The average molecular weight is 242 g/mol. The molecular formula is C13H10N2O3. The van der Waals surface area contributed by atoms with E-state index in [9.17, 15) is 4.79 Å². The second kappa shape index (κ2) is 3.96. The predicted molar refractivity (Wildman–Crippen MR) is 67.8 cm³/mol. The molecule has 0 aliphatic carbocycles. The molecule has 0 radical (unpaired) electrons. The number of hydrogen-bond donors (Lipinski definition) is 2. The Morgan fingerprint density at radius 2 is 1.94 bits per heavy atom. The number of aromatic amines is 1. The van der Waals surface area contributed by atoms with E-state index in [4.69, 9.17) is 14.9 Å². The van der Waals surface area contributed by atoms with E-state index in [2.05, 4.69) is 4.98 Å². The molecule has 0 saturated carbocycles. The van der Waals surface area contributed by atoms with Gasteiger partial charge in [-0.1, -0.05) is 18.2 Å². The summed E-state index contributed by atoms with van der Waals surface area (Å²) in [4.78, 5) is 13.6. The van der Waals surface area contributed by atoms with Gasteiger partial charge in [-0.3, -0.25) is 4.98 Å². The van der Waals surface area contributed by atoms with E-state index < -0.39 is 5.76 Å². The minimum Gasteiger partial charge on any atom is -0.455 e. The molecule has 5 heteroatoms. The lowest BCUT2D eigenvalue weighted by Crippen LogP contribution is -1.93. The summed E-state index contributed by atoms with van der Waals surface area (Å²) in [6.07, 6.45) is 0. The maximum absolute atomic E-state index is 11.1. The highest BCUT2D eigenvalue weighted by atomic mass is 16.5. The number of oxazole rings is 1. The van der Waals surface area contributed by atoms with Crippen molar-refractivity contribution in [2.45, 2.75) is 0 Å². The monoisotopic (exact) mass is 242 g/mol. The number of anilines is 1. The van der Waals surface area contributed by atoms with E-state index in [1.54, 1.807) is 12.1 Å². The molecule has 0 aliphatic heterocycles. The number of H-pyrrole nitrogens is 1. The van der Waals surface area contributed by atoms with Crippen LogP contribution in [0.15, 0.2) is 51.7 Å². The second-order valence-electron chi connectivity index (χ2n) is 3.82. The van der Waals surface area contributed by atoms with E-state index in [0.717, 1.165) is 0 Å². The Hall–Kier alpha value is -2.69. The van der Waals surface area contributed by atoms with Crippen LogP contribution in [-0.2, 0) is 0 Å². The molecule has 0 fully saturated rings. The highest BCUT2D eigenvalue weighted by Crippen LogP contribution is 2.30. The van der Waals surface area contributed by atoms with E-state index in [1.807, 2.05) is 30.3 Å². The molecule has 0 spiro atoms. The molecule has 2 aromatic carbocycles. The van der Waals surface area contributed by atoms with Crippen molar-refractivity contribution in [1.82, 2.24) is 4.98 Å². The number of rotatable bonds is 2. The summed E-state index contributed by atoms with van der Waals surface area (Å²) in [7, 11) is 0. The lowest BCUT2D eigenvalue weighted by atomic mass is 10.2. The average Bonchev–Trinajstić information content (AvgIpc) is 2.70. The number of hydrogen-bond acceptors (Lipinski definition) is 4. The van der Waals surface area contributed by atoms with Crippen molar-refractivity contribution >= 4 is 16.8 Å². The van der Waals surface area contributed by atoms with Gasteiger partial charge in [-0.15, -0.1) is 0 Å². The van der Waals surface area contributed by atoms with Crippen molar-refractivity contribution in [1.29, 1.82) is 0 Å². The van der Waals surface area contributed by atoms with Crippen molar-refractivity contribution in [3.8, 4) is 11.5 Å². The molecule has 18 heavy (non-hydrogen) atoms. The van der Waals surface area contributed by atoms with E-state index in [-0.39, 0.29) is 0 Å². The van der Waals surface area contributed by atoms with E-state index in [1.165, 1.54) is 0 Å². The summed E-state index contributed by atoms with van der Waals surface area (Å²) in [5, 5.41) is 0. The molecule has 5 nitrogen and oxygen atoms in total. The molecule has 0 bridgehead atoms. The molecule has 3 rings (SSSR count). The van der Waals surface area contributed by atoms with Crippen molar-refractivity contribution < 1.29 is 9.15 Å². The van der Waals surface area contributed by atoms with Crippen LogP contribution >= 0.6 is 0 Å². The Balaban J connectivity index is 2.06. The Bertz CT molecular complexity index is 744. The zero-order chi connectivity index (χ0) is 12.5. The van der Waals surface area contributed by atoms with Gasteiger partial charge >= 0.3 is 5.76 Å². The fourth-order valence-electron chi connectivity index (χ4n) is 1.70. The molecule has 90 valence electrons. The first-order valence-corrected chi connectivity index (χ1v) is 5.37. The van der Waals surface area contributed by atoms with Crippen LogP contribution in [0.2, 0.25) is 0 Å². The number of ether oxygens (including phenoxy) is 1. The number of para-hydroxylation sites is 1. The maximum atomic E-state index is 11.1. The van der Waals surface area contributed by atoms with Gasteiger partial charge in [-0.25, -0.2) is 4.79 Å². The lowest BCUT2D eigenvalue weighted by molar-refractivity contribution is 0.485. The molecule has 3 N–H and O–H groups in total. The Morgan fingerprint density at radius 3 is 2.72 bits per heavy atom. The summed E-state index contributed by atoms with van der Waals surface area (Å²) in [5.41, 5.74) is 7.22. The van der Waals surface area contributed by atoms with Crippen LogP contribution in [0, 0.1) is 0 Å². The molecule has 0 aliphatic rings. The van der Waals surface area contributed by atoms with Gasteiger partial charge in [0.05, 0.1) is 11.2 Å². The highest BCUT2D eigenvalue weighted by molar-refractivity contribution is 5.80. The SMILES string of the molecule is Nc1cc2oc(=O)[nH]c2cc1Oc1ccccc1. The van der Waals surface area contributed by atoms with Crippen molar-refractivity contribution in [2.75, 3.05) is 5.73 Å². The van der Waals surface area contributed by atoms with Crippen LogP contribution in [0.3, 0.4) is 0 Å². The number of nitrogen functional groups attached to an aromatic ring is 1. The molecular weight excluding hydrogens is 232 g/mol. The van der Waals surface area contributed by atoms with Gasteiger partial charge in [0.1, 0.15) is 5.75 Å². The molecule has 0 atom stereocenters. The van der Waals surface area contributed by atoms with Gasteiger partial charge in [-0.05, 0) is 12.1 Å². The standard InChI is InChI=1S/C13H10N2O3/c14-9-6-12-10(15-13(16)18-12)7-11(9)17-8-4-2-1-3-5-8/h1-7H,14H2,(H,15,16). The second-order valence-corrected chi connectivity index (χ2v) is 3.82. The van der Waals surface area contributed by atoms with Crippen LogP contribution in [0.4, 0.5) is 5.69 Å².